The summed E-state index contributed by atoms with van der Waals surface area (Å²) in [5.74, 6) is -1.89. The second kappa shape index (κ2) is 9.33. The Hall–Kier alpha value is -3.19. The summed E-state index contributed by atoms with van der Waals surface area (Å²) in [6.07, 6.45) is 2.88. The zero-order valence-corrected chi connectivity index (χ0v) is 14.3. The third kappa shape index (κ3) is 5.71. The van der Waals surface area contributed by atoms with Crippen molar-refractivity contribution in [2.45, 2.75) is 0 Å². The van der Waals surface area contributed by atoms with Crippen LogP contribution in [0.15, 0.2) is 60.2 Å². The first kappa shape index (κ1) is 19.1. The van der Waals surface area contributed by atoms with E-state index in [9.17, 15) is 14.0 Å². The third-order valence-corrected chi connectivity index (χ3v) is 3.24. The van der Waals surface area contributed by atoms with Crippen LogP contribution in [0, 0.1) is 5.82 Å². The highest BCUT2D eigenvalue weighted by Gasteiger charge is 2.13. The number of rotatable bonds is 6. The Bertz CT molecular complexity index is 838. The van der Waals surface area contributed by atoms with Gasteiger partial charge in [-0.05, 0) is 42.5 Å². The molecule has 0 saturated heterocycles. The van der Waals surface area contributed by atoms with E-state index in [0.717, 1.165) is 12.1 Å². The van der Waals surface area contributed by atoms with E-state index in [0.29, 0.717) is 16.3 Å². The highest BCUT2D eigenvalue weighted by molar-refractivity contribution is 6.39. The molecular formula is C18H15ClFN3O3. The maximum Gasteiger partial charge on any atom is 0.329 e. The lowest BCUT2D eigenvalue weighted by Gasteiger charge is -2.07. The first-order chi connectivity index (χ1) is 12.5. The summed E-state index contributed by atoms with van der Waals surface area (Å²) in [4.78, 5) is 23.5. The Morgan fingerprint density at radius 1 is 1.19 bits per heavy atom. The lowest BCUT2D eigenvalue weighted by molar-refractivity contribution is -0.136. The van der Waals surface area contributed by atoms with E-state index >= 15 is 0 Å². The van der Waals surface area contributed by atoms with E-state index in [-0.39, 0.29) is 12.3 Å². The van der Waals surface area contributed by atoms with Crippen molar-refractivity contribution < 1.29 is 18.7 Å². The zero-order chi connectivity index (χ0) is 18.9. The predicted molar refractivity (Wildman–Crippen MR) is 97.9 cm³/mol. The average Bonchev–Trinajstić information content (AvgIpc) is 2.62. The molecule has 0 fully saturated rings. The Morgan fingerprint density at radius 2 is 1.92 bits per heavy atom. The van der Waals surface area contributed by atoms with E-state index in [1.54, 1.807) is 24.3 Å². The fourth-order valence-electron chi connectivity index (χ4n) is 1.83. The maximum absolute atomic E-state index is 12.8. The van der Waals surface area contributed by atoms with Gasteiger partial charge in [0.05, 0.1) is 6.21 Å². The number of hydrogen-bond donors (Lipinski definition) is 2. The SMILES string of the molecule is C=CCOc1ccc(Cl)cc1/C=N\NC(=O)C(=O)Nc1ccc(F)cc1. The van der Waals surface area contributed by atoms with Gasteiger partial charge in [-0.15, -0.1) is 0 Å². The van der Waals surface area contributed by atoms with Gasteiger partial charge >= 0.3 is 11.8 Å². The van der Waals surface area contributed by atoms with Crippen LogP contribution in [0.25, 0.3) is 0 Å². The smallest absolute Gasteiger partial charge is 0.329 e. The van der Waals surface area contributed by atoms with Crippen molar-refractivity contribution in [3.63, 3.8) is 0 Å². The van der Waals surface area contributed by atoms with Crippen molar-refractivity contribution in [3.05, 3.63) is 71.5 Å². The number of nitrogens with one attached hydrogen (secondary N) is 2. The molecule has 2 rings (SSSR count). The van der Waals surface area contributed by atoms with Crippen LogP contribution in [0.1, 0.15) is 5.56 Å². The van der Waals surface area contributed by atoms with Crippen LogP contribution < -0.4 is 15.5 Å². The number of benzene rings is 2. The number of ether oxygens (including phenoxy) is 1. The molecule has 0 aromatic heterocycles. The molecule has 0 bridgehead atoms. The first-order valence-corrected chi connectivity index (χ1v) is 7.80. The largest absolute Gasteiger partial charge is 0.489 e. The molecule has 0 spiro atoms. The second-order valence-electron chi connectivity index (χ2n) is 4.94. The molecule has 0 heterocycles. The fourth-order valence-corrected chi connectivity index (χ4v) is 2.01. The minimum atomic E-state index is -0.985. The molecule has 0 aliphatic rings. The van der Waals surface area contributed by atoms with Gasteiger partial charge in [-0.2, -0.15) is 5.10 Å². The summed E-state index contributed by atoms with van der Waals surface area (Å²) in [5.41, 5.74) is 2.89. The average molecular weight is 376 g/mol. The van der Waals surface area contributed by atoms with Crippen LogP contribution in [0.4, 0.5) is 10.1 Å². The van der Waals surface area contributed by atoms with E-state index in [2.05, 4.69) is 22.4 Å². The van der Waals surface area contributed by atoms with Gasteiger partial charge in [0.1, 0.15) is 18.2 Å². The number of nitrogens with zero attached hydrogens (tertiary/aromatic N) is 1. The van der Waals surface area contributed by atoms with Gasteiger partial charge in [0.2, 0.25) is 0 Å². The molecule has 0 aliphatic carbocycles. The molecule has 8 heteroatoms. The molecular weight excluding hydrogens is 361 g/mol. The lowest BCUT2D eigenvalue weighted by atomic mass is 10.2. The molecule has 2 N–H and O–H groups in total. The zero-order valence-electron chi connectivity index (χ0n) is 13.5. The van der Waals surface area contributed by atoms with Crippen LogP contribution in [0.2, 0.25) is 5.02 Å². The Balaban J connectivity index is 1.97. The number of hydrazone groups is 1. The van der Waals surface area contributed by atoms with E-state index in [1.807, 2.05) is 0 Å². The third-order valence-electron chi connectivity index (χ3n) is 3.01. The summed E-state index contributed by atoms with van der Waals surface area (Å²) in [5, 5.41) is 6.49. The van der Waals surface area contributed by atoms with Gasteiger partial charge in [-0.1, -0.05) is 24.3 Å². The molecule has 0 atom stereocenters. The van der Waals surface area contributed by atoms with Gasteiger partial charge in [-0.3, -0.25) is 9.59 Å². The highest BCUT2D eigenvalue weighted by Crippen LogP contribution is 2.21. The number of carbonyl (C=O) groups is 2. The molecule has 0 radical (unpaired) electrons. The monoisotopic (exact) mass is 375 g/mol. The van der Waals surface area contributed by atoms with Crippen LogP contribution in [0.3, 0.4) is 0 Å². The van der Waals surface area contributed by atoms with Crippen molar-refractivity contribution in [3.8, 4) is 5.75 Å². The highest BCUT2D eigenvalue weighted by atomic mass is 35.5. The second-order valence-corrected chi connectivity index (χ2v) is 5.38. The molecule has 0 saturated carbocycles. The van der Waals surface area contributed by atoms with E-state index < -0.39 is 17.6 Å². The first-order valence-electron chi connectivity index (χ1n) is 7.43. The van der Waals surface area contributed by atoms with Gasteiger partial charge < -0.3 is 10.1 Å². The molecule has 26 heavy (non-hydrogen) atoms. The number of carbonyl (C=O) groups excluding carboxylic acids is 2. The topological polar surface area (TPSA) is 79.8 Å². The summed E-state index contributed by atoms with van der Waals surface area (Å²) >= 11 is 5.93. The molecule has 6 nitrogen and oxygen atoms in total. The van der Waals surface area contributed by atoms with Gasteiger partial charge in [-0.25, -0.2) is 9.82 Å². The normalized spacial score (nSPS) is 10.4. The predicted octanol–water partition coefficient (Wildman–Crippen LogP) is 3.13. The lowest BCUT2D eigenvalue weighted by Crippen LogP contribution is -2.32. The molecule has 2 aromatic rings. The van der Waals surface area contributed by atoms with Crippen molar-refractivity contribution in [1.82, 2.24) is 5.43 Å². The number of amides is 2. The van der Waals surface area contributed by atoms with Gasteiger partial charge in [0, 0.05) is 16.3 Å². The number of hydrogen-bond acceptors (Lipinski definition) is 4. The minimum Gasteiger partial charge on any atom is -0.489 e. The summed E-state index contributed by atoms with van der Waals surface area (Å²) in [6.45, 7) is 3.85. The number of halogens is 2. The molecule has 0 aliphatic heterocycles. The summed E-state index contributed by atoms with van der Waals surface area (Å²) in [6, 6.07) is 9.87. The van der Waals surface area contributed by atoms with Crippen LogP contribution in [-0.4, -0.2) is 24.6 Å². The van der Waals surface area contributed by atoms with Crippen LogP contribution in [-0.2, 0) is 9.59 Å². The maximum atomic E-state index is 12.8. The van der Waals surface area contributed by atoms with Gasteiger partial charge in [0.15, 0.2) is 0 Å². The van der Waals surface area contributed by atoms with Crippen molar-refractivity contribution >= 4 is 35.3 Å². The molecule has 2 aromatic carbocycles. The summed E-state index contributed by atoms with van der Waals surface area (Å²) in [7, 11) is 0. The van der Waals surface area contributed by atoms with Crippen molar-refractivity contribution in [2.75, 3.05) is 11.9 Å². The van der Waals surface area contributed by atoms with Crippen LogP contribution in [0.5, 0.6) is 5.75 Å². The Labute approximate surface area is 154 Å². The van der Waals surface area contributed by atoms with Crippen molar-refractivity contribution in [1.29, 1.82) is 0 Å². The van der Waals surface area contributed by atoms with E-state index in [4.69, 9.17) is 16.3 Å². The molecule has 134 valence electrons. The van der Waals surface area contributed by atoms with Crippen LogP contribution >= 0.6 is 11.6 Å². The summed E-state index contributed by atoms with van der Waals surface area (Å²) < 4.78 is 18.3. The van der Waals surface area contributed by atoms with Gasteiger partial charge in [0.25, 0.3) is 0 Å². The fraction of sp³-hybridized carbons (Fsp3) is 0.0556. The molecule has 2 amide bonds. The standard InChI is InChI=1S/C18H15ClFN3O3/c1-2-9-26-16-8-3-13(19)10-12(16)11-21-23-18(25)17(24)22-15-6-4-14(20)5-7-15/h2-8,10-11H,1,9H2,(H,22,24)(H,23,25)/b21-11-. The quantitative estimate of drug-likeness (QED) is 0.352. The van der Waals surface area contributed by atoms with Crippen molar-refractivity contribution in [2.24, 2.45) is 5.10 Å². The number of anilines is 1. The Morgan fingerprint density at radius 3 is 2.62 bits per heavy atom. The minimum absolute atomic E-state index is 0.283. The Kier molecular flexibility index (Phi) is 6.87. The van der Waals surface area contributed by atoms with E-state index in [1.165, 1.54) is 18.3 Å². The molecule has 0 unspecified atom stereocenters.